The van der Waals surface area contributed by atoms with Crippen LogP contribution in [-0.4, -0.2) is 39.9 Å². The van der Waals surface area contributed by atoms with E-state index in [1.54, 1.807) is 36.4 Å². The van der Waals surface area contributed by atoms with Gasteiger partial charge in [0.1, 0.15) is 13.2 Å². The normalized spacial score (nSPS) is 12.2. The molecule has 0 spiro atoms. The van der Waals surface area contributed by atoms with Crippen molar-refractivity contribution in [3.05, 3.63) is 36.4 Å². The van der Waals surface area contributed by atoms with Crippen LogP contribution in [0, 0.1) is 0 Å². The molecule has 132 valence electrons. The van der Waals surface area contributed by atoms with Crippen LogP contribution >= 0.6 is 0 Å². The Morgan fingerprint density at radius 1 is 1.04 bits per heavy atom. The molecule has 3 rings (SSSR count). The second kappa shape index (κ2) is 7.65. The second-order valence-electron chi connectivity index (χ2n) is 5.19. The largest absolute Gasteiger partial charge is 0.493 e. The van der Waals surface area contributed by atoms with Gasteiger partial charge in [-0.3, -0.25) is 4.79 Å². The number of carbonyl (C=O) groups is 1. The summed E-state index contributed by atoms with van der Waals surface area (Å²) in [4.78, 5) is 12.1. The minimum absolute atomic E-state index is 0.169. The van der Waals surface area contributed by atoms with Crippen LogP contribution in [0.5, 0.6) is 28.7 Å². The SMILES string of the molecule is COc1cccc(OCC(=O)Nc2ccc3c(c2)OCCO3)c1OC. The van der Waals surface area contributed by atoms with Gasteiger partial charge in [-0.05, 0) is 24.3 Å². The molecule has 1 aliphatic heterocycles. The molecule has 1 N–H and O–H groups in total. The predicted octanol–water partition coefficient (Wildman–Crippen LogP) is 2.49. The van der Waals surface area contributed by atoms with Crippen molar-refractivity contribution in [3.63, 3.8) is 0 Å². The summed E-state index contributed by atoms with van der Waals surface area (Å²) in [6.45, 7) is 0.843. The smallest absolute Gasteiger partial charge is 0.262 e. The summed E-state index contributed by atoms with van der Waals surface area (Å²) >= 11 is 0. The lowest BCUT2D eigenvalue weighted by molar-refractivity contribution is -0.118. The van der Waals surface area contributed by atoms with Gasteiger partial charge in [0.2, 0.25) is 5.75 Å². The van der Waals surface area contributed by atoms with Crippen LogP contribution in [0.1, 0.15) is 0 Å². The molecule has 1 amide bonds. The molecule has 7 nitrogen and oxygen atoms in total. The number of para-hydroxylation sites is 1. The minimum atomic E-state index is -0.304. The maximum Gasteiger partial charge on any atom is 0.262 e. The van der Waals surface area contributed by atoms with Crippen molar-refractivity contribution in [2.24, 2.45) is 0 Å². The third kappa shape index (κ3) is 3.88. The number of hydrogen-bond donors (Lipinski definition) is 1. The molecule has 0 saturated carbocycles. The van der Waals surface area contributed by atoms with Crippen LogP contribution in [0.4, 0.5) is 5.69 Å². The number of benzene rings is 2. The van der Waals surface area contributed by atoms with Crippen molar-refractivity contribution in [1.29, 1.82) is 0 Å². The summed E-state index contributed by atoms with van der Waals surface area (Å²) in [5, 5.41) is 2.76. The Morgan fingerprint density at radius 3 is 2.56 bits per heavy atom. The van der Waals surface area contributed by atoms with Crippen LogP contribution in [0.3, 0.4) is 0 Å². The Labute approximate surface area is 145 Å². The standard InChI is InChI=1S/C18H19NO6/c1-21-14-4-3-5-15(18(14)22-2)25-11-17(20)19-12-6-7-13-16(10-12)24-9-8-23-13/h3-7,10H,8-9,11H2,1-2H3,(H,19,20). The fourth-order valence-electron chi connectivity index (χ4n) is 2.43. The summed E-state index contributed by atoms with van der Waals surface area (Å²) in [5.41, 5.74) is 0.607. The maximum absolute atomic E-state index is 12.1. The first-order valence-corrected chi connectivity index (χ1v) is 7.74. The van der Waals surface area contributed by atoms with E-state index in [9.17, 15) is 4.79 Å². The predicted molar refractivity (Wildman–Crippen MR) is 91.1 cm³/mol. The molecule has 0 fully saturated rings. The van der Waals surface area contributed by atoms with Crippen LogP contribution < -0.4 is 29.0 Å². The van der Waals surface area contributed by atoms with E-state index in [0.29, 0.717) is 47.6 Å². The molecule has 0 saturated heterocycles. The fraction of sp³-hybridized carbons (Fsp3) is 0.278. The number of rotatable bonds is 6. The second-order valence-corrected chi connectivity index (χ2v) is 5.19. The number of fused-ring (bicyclic) bond motifs is 1. The molecule has 2 aromatic rings. The summed E-state index contributed by atoms with van der Waals surface area (Å²) in [6.07, 6.45) is 0. The molecule has 0 bridgehead atoms. The lowest BCUT2D eigenvalue weighted by atomic mass is 10.2. The van der Waals surface area contributed by atoms with Crippen molar-refractivity contribution in [2.45, 2.75) is 0 Å². The molecular weight excluding hydrogens is 326 g/mol. The zero-order valence-electron chi connectivity index (χ0n) is 14.0. The highest BCUT2D eigenvalue weighted by Gasteiger charge is 2.14. The van der Waals surface area contributed by atoms with Crippen molar-refractivity contribution in [1.82, 2.24) is 0 Å². The van der Waals surface area contributed by atoms with Crippen LogP contribution in [-0.2, 0) is 4.79 Å². The van der Waals surface area contributed by atoms with E-state index in [1.807, 2.05) is 0 Å². The quantitative estimate of drug-likeness (QED) is 0.867. The highest BCUT2D eigenvalue weighted by Crippen LogP contribution is 2.36. The highest BCUT2D eigenvalue weighted by atomic mass is 16.6. The number of anilines is 1. The summed E-state index contributed by atoms with van der Waals surface area (Å²) in [6, 6.07) is 10.4. The number of ether oxygens (including phenoxy) is 5. The van der Waals surface area contributed by atoms with Crippen LogP contribution in [0.15, 0.2) is 36.4 Å². The van der Waals surface area contributed by atoms with Gasteiger partial charge in [-0.25, -0.2) is 0 Å². The van der Waals surface area contributed by atoms with E-state index < -0.39 is 0 Å². The summed E-state index contributed by atoms with van der Waals surface area (Å²) in [7, 11) is 3.05. The zero-order valence-corrected chi connectivity index (χ0v) is 14.0. The molecule has 0 aromatic heterocycles. The Morgan fingerprint density at radius 2 is 1.80 bits per heavy atom. The number of amides is 1. The van der Waals surface area contributed by atoms with Crippen molar-refractivity contribution in [3.8, 4) is 28.7 Å². The summed E-state index contributed by atoms with van der Waals surface area (Å²) in [5.74, 6) is 2.38. The minimum Gasteiger partial charge on any atom is -0.493 e. The topological polar surface area (TPSA) is 75.3 Å². The monoisotopic (exact) mass is 345 g/mol. The van der Waals surface area contributed by atoms with Gasteiger partial charge in [0.15, 0.2) is 29.6 Å². The van der Waals surface area contributed by atoms with E-state index in [1.165, 1.54) is 14.2 Å². The molecule has 0 atom stereocenters. The highest BCUT2D eigenvalue weighted by molar-refractivity contribution is 5.92. The van der Waals surface area contributed by atoms with Gasteiger partial charge in [0, 0.05) is 11.8 Å². The van der Waals surface area contributed by atoms with Gasteiger partial charge >= 0.3 is 0 Å². The average molecular weight is 345 g/mol. The van der Waals surface area contributed by atoms with Gasteiger partial charge < -0.3 is 29.0 Å². The molecule has 7 heteroatoms. The first-order chi connectivity index (χ1) is 12.2. The third-order valence-corrected chi connectivity index (χ3v) is 3.55. The van der Waals surface area contributed by atoms with Gasteiger partial charge in [0.25, 0.3) is 5.91 Å². The van der Waals surface area contributed by atoms with E-state index in [2.05, 4.69) is 5.32 Å². The number of hydrogen-bond acceptors (Lipinski definition) is 6. The summed E-state index contributed by atoms with van der Waals surface area (Å²) < 4.78 is 27.0. The van der Waals surface area contributed by atoms with E-state index in [0.717, 1.165) is 0 Å². The van der Waals surface area contributed by atoms with Crippen LogP contribution in [0.2, 0.25) is 0 Å². The Bertz CT molecular complexity index is 761. The first-order valence-electron chi connectivity index (χ1n) is 7.74. The molecule has 1 heterocycles. The third-order valence-electron chi connectivity index (χ3n) is 3.55. The van der Waals surface area contributed by atoms with Crippen LogP contribution in [0.25, 0.3) is 0 Å². The molecule has 0 radical (unpaired) electrons. The molecular formula is C18H19NO6. The maximum atomic E-state index is 12.1. The zero-order chi connectivity index (χ0) is 17.6. The van der Waals surface area contributed by atoms with Crippen molar-refractivity contribution >= 4 is 11.6 Å². The molecule has 0 unspecified atom stereocenters. The lowest BCUT2D eigenvalue weighted by Crippen LogP contribution is -2.21. The van der Waals surface area contributed by atoms with E-state index >= 15 is 0 Å². The molecule has 0 aliphatic carbocycles. The van der Waals surface area contributed by atoms with Gasteiger partial charge in [-0.2, -0.15) is 0 Å². The number of methoxy groups -OCH3 is 2. The Kier molecular flexibility index (Phi) is 5.13. The molecule has 1 aliphatic rings. The number of nitrogens with one attached hydrogen (secondary N) is 1. The van der Waals surface area contributed by atoms with Gasteiger partial charge in [-0.15, -0.1) is 0 Å². The van der Waals surface area contributed by atoms with E-state index in [-0.39, 0.29) is 12.5 Å². The average Bonchev–Trinajstić information content (AvgIpc) is 2.65. The van der Waals surface area contributed by atoms with Gasteiger partial charge in [0.05, 0.1) is 14.2 Å². The van der Waals surface area contributed by atoms with Crippen molar-refractivity contribution < 1.29 is 28.5 Å². The van der Waals surface area contributed by atoms with Gasteiger partial charge in [-0.1, -0.05) is 6.07 Å². The fourth-order valence-corrected chi connectivity index (χ4v) is 2.43. The molecule has 2 aromatic carbocycles. The first kappa shape index (κ1) is 16.8. The Balaban J connectivity index is 1.62. The molecule has 25 heavy (non-hydrogen) atoms. The van der Waals surface area contributed by atoms with E-state index in [4.69, 9.17) is 23.7 Å². The van der Waals surface area contributed by atoms with Crippen molar-refractivity contribution in [2.75, 3.05) is 39.4 Å². The number of carbonyl (C=O) groups excluding carboxylic acids is 1. The lowest BCUT2D eigenvalue weighted by Gasteiger charge is -2.19. The Hall–Kier alpha value is -3.09.